The van der Waals surface area contributed by atoms with Gasteiger partial charge in [-0.3, -0.25) is 0 Å². The first-order chi connectivity index (χ1) is 16.6. The number of carbonyl (C=O) groups is 2. The predicted molar refractivity (Wildman–Crippen MR) is 143 cm³/mol. The summed E-state index contributed by atoms with van der Waals surface area (Å²) >= 11 is 0. The number of aromatic hydroxyl groups is 1. The quantitative estimate of drug-likeness (QED) is 0.295. The zero-order valence-corrected chi connectivity index (χ0v) is 22.4. The maximum atomic E-state index is 13.3. The first-order valence-corrected chi connectivity index (χ1v) is 12.1. The van der Waals surface area contributed by atoms with Gasteiger partial charge in [0.05, 0.1) is 11.1 Å². The van der Waals surface area contributed by atoms with Crippen LogP contribution < -0.4 is 4.74 Å². The zero-order valence-electron chi connectivity index (χ0n) is 22.4. The number of hydrogen-bond acceptors (Lipinski definition) is 4. The Bertz CT molecular complexity index is 1320. The number of hydrogen-bond donors (Lipinski definition) is 2. The zero-order chi connectivity index (χ0) is 27.0. The van der Waals surface area contributed by atoms with Crippen LogP contribution in [0.4, 0.5) is 0 Å². The number of phenols is 1. The number of rotatable bonds is 5. The average molecular weight is 489 g/mol. The molecule has 190 valence electrons. The van der Waals surface area contributed by atoms with E-state index in [2.05, 4.69) is 20.8 Å². The molecule has 0 aliphatic heterocycles. The molecule has 3 aromatic rings. The van der Waals surface area contributed by atoms with Gasteiger partial charge < -0.3 is 14.9 Å². The molecule has 0 unspecified atom stereocenters. The summed E-state index contributed by atoms with van der Waals surface area (Å²) in [5, 5.41) is 20.7. The van der Waals surface area contributed by atoms with Crippen molar-refractivity contribution in [2.75, 3.05) is 0 Å². The Morgan fingerprint density at radius 2 is 1.28 bits per heavy atom. The van der Waals surface area contributed by atoms with E-state index in [0.717, 1.165) is 33.4 Å². The fourth-order valence-corrected chi connectivity index (χ4v) is 4.42. The summed E-state index contributed by atoms with van der Waals surface area (Å²) in [4.78, 5) is 25.0. The molecule has 3 rings (SSSR count). The summed E-state index contributed by atoms with van der Waals surface area (Å²) in [6, 6.07) is 13.9. The van der Waals surface area contributed by atoms with Gasteiger partial charge in [-0.2, -0.15) is 0 Å². The Labute approximate surface area is 213 Å². The van der Waals surface area contributed by atoms with Crippen molar-refractivity contribution in [3.8, 4) is 11.5 Å². The van der Waals surface area contributed by atoms with Gasteiger partial charge in [-0.1, -0.05) is 89.1 Å². The fraction of sp³-hybridized carbons (Fsp3) is 0.355. The minimum Gasteiger partial charge on any atom is -0.507 e. The number of aryl methyl sites for hydroxylation is 2. The molecule has 0 atom stereocenters. The maximum absolute atomic E-state index is 13.3. The summed E-state index contributed by atoms with van der Waals surface area (Å²) in [7, 11) is 0. The molecule has 36 heavy (non-hydrogen) atoms. The molecule has 0 bridgehead atoms. The van der Waals surface area contributed by atoms with Crippen LogP contribution in [0.5, 0.6) is 11.5 Å². The number of carbonyl (C=O) groups excluding carboxylic acids is 1. The number of carboxylic acids is 1. The van der Waals surface area contributed by atoms with E-state index in [0.29, 0.717) is 12.2 Å². The summed E-state index contributed by atoms with van der Waals surface area (Å²) in [5.41, 5.74) is 4.50. The molecule has 2 N–H and O–H groups in total. The molecule has 0 spiro atoms. The Morgan fingerprint density at radius 3 is 1.81 bits per heavy atom. The number of carboxylic acid groups (broad SMARTS) is 1. The largest absolute Gasteiger partial charge is 0.507 e. The van der Waals surface area contributed by atoms with E-state index in [4.69, 9.17) is 4.74 Å². The first-order valence-electron chi connectivity index (χ1n) is 12.1. The van der Waals surface area contributed by atoms with Crippen LogP contribution in [0, 0.1) is 13.8 Å². The highest BCUT2D eigenvalue weighted by Gasteiger charge is 2.27. The topological polar surface area (TPSA) is 83.8 Å². The fourth-order valence-electron chi connectivity index (χ4n) is 4.42. The average Bonchev–Trinajstić information content (AvgIpc) is 2.75. The van der Waals surface area contributed by atoms with E-state index in [1.54, 1.807) is 12.1 Å². The molecule has 0 saturated carbocycles. The minimum atomic E-state index is -1.19. The SMILES string of the molecule is Cc1cc(Cc2cc(C)cc(C(C)(C)C)c2OC(=O)c2ccccc2C(=O)O)c(O)c(C(C)(C)C)c1. The minimum absolute atomic E-state index is 0.00944. The van der Waals surface area contributed by atoms with Gasteiger partial charge in [-0.15, -0.1) is 0 Å². The van der Waals surface area contributed by atoms with Crippen LogP contribution in [-0.2, 0) is 17.3 Å². The third-order valence-corrected chi connectivity index (χ3v) is 6.21. The van der Waals surface area contributed by atoms with E-state index in [9.17, 15) is 19.8 Å². The van der Waals surface area contributed by atoms with Crippen molar-refractivity contribution >= 4 is 11.9 Å². The van der Waals surface area contributed by atoms with Crippen LogP contribution in [-0.4, -0.2) is 22.2 Å². The standard InChI is InChI=1S/C31H36O5/c1-18-13-20(26(32)24(15-18)30(3,4)5)17-21-14-19(2)16-25(31(6,7)8)27(21)36-29(35)23-12-10-9-11-22(23)28(33)34/h9-16,32H,17H2,1-8H3,(H,33,34). The van der Waals surface area contributed by atoms with Gasteiger partial charge in [-0.05, 0) is 47.9 Å². The van der Waals surface area contributed by atoms with Gasteiger partial charge in [0, 0.05) is 17.5 Å². The van der Waals surface area contributed by atoms with Crippen molar-refractivity contribution in [1.29, 1.82) is 0 Å². The van der Waals surface area contributed by atoms with Crippen molar-refractivity contribution < 1.29 is 24.5 Å². The normalized spacial score (nSPS) is 11.9. The molecule has 0 aliphatic rings. The lowest BCUT2D eigenvalue weighted by Crippen LogP contribution is -2.20. The molecule has 3 aromatic carbocycles. The Kier molecular flexibility index (Phi) is 7.35. The second-order valence-electron chi connectivity index (χ2n) is 11.5. The molecule has 0 radical (unpaired) electrons. The second kappa shape index (κ2) is 9.81. The summed E-state index contributed by atoms with van der Waals surface area (Å²) in [6.07, 6.45) is 0.352. The van der Waals surface area contributed by atoms with Gasteiger partial charge >= 0.3 is 11.9 Å². The van der Waals surface area contributed by atoms with Crippen molar-refractivity contribution in [3.05, 3.63) is 93.0 Å². The van der Waals surface area contributed by atoms with E-state index < -0.39 is 11.9 Å². The Balaban J connectivity index is 2.19. The smallest absolute Gasteiger partial charge is 0.344 e. The lowest BCUT2D eigenvalue weighted by molar-refractivity contribution is 0.0666. The van der Waals surface area contributed by atoms with Crippen molar-refractivity contribution in [2.45, 2.75) is 72.6 Å². The van der Waals surface area contributed by atoms with Crippen LogP contribution in [0.15, 0.2) is 48.5 Å². The number of esters is 1. The Morgan fingerprint density at radius 1 is 0.778 bits per heavy atom. The number of aromatic carboxylic acids is 1. The molecular weight excluding hydrogens is 452 g/mol. The van der Waals surface area contributed by atoms with Crippen LogP contribution in [0.25, 0.3) is 0 Å². The highest BCUT2D eigenvalue weighted by Crippen LogP contribution is 2.40. The van der Waals surface area contributed by atoms with Crippen LogP contribution in [0.3, 0.4) is 0 Å². The van der Waals surface area contributed by atoms with Crippen molar-refractivity contribution in [1.82, 2.24) is 0 Å². The molecule has 0 heterocycles. The van der Waals surface area contributed by atoms with E-state index in [1.165, 1.54) is 12.1 Å². The van der Waals surface area contributed by atoms with Crippen molar-refractivity contribution in [3.63, 3.8) is 0 Å². The van der Waals surface area contributed by atoms with Gasteiger partial charge in [0.25, 0.3) is 0 Å². The number of ether oxygens (including phenoxy) is 1. The molecule has 5 nitrogen and oxygen atoms in total. The van der Waals surface area contributed by atoms with Gasteiger partial charge in [-0.25, -0.2) is 9.59 Å². The van der Waals surface area contributed by atoms with Gasteiger partial charge in [0.2, 0.25) is 0 Å². The molecule has 0 fully saturated rings. The van der Waals surface area contributed by atoms with Crippen LogP contribution in [0.2, 0.25) is 0 Å². The third-order valence-electron chi connectivity index (χ3n) is 6.21. The van der Waals surface area contributed by atoms with Gasteiger partial charge in [0.15, 0.2) is 0 Å². The highest BCUT2D eigenvalue weighted by atomic mass is 16.5. The Hall–Kier alpha value is -3.60. The van der Waals surface area contributed by atoms with Crippen molar-refractivity contribution in [2.24, 2.45) is 0 Å². The molecule has 0 saturated heterocycles. The summed E-state index contributed by atoms with van der Waals surface area (Å²) < 4.78 is 5.99. The molecule has 0 aliphatic carbocycles. The monoisotopic (exact) mass is 488 g/mol. The second-order valence-corrected chi connectivity index (χ2v) is 11.5. The molecular formula is C31H36O5. The predicted octanol–water partition coefficient (Wildman–Crippen LogP) is 7.11. The third kappa shape index (κ3) is 5.78. The molecule has 5 heteroatoms. The van der Waals surface area contributed by atoms with Crippen LogP contribution >= 0.6 is 0 Å². The van der Waals surface area contributed by atoms with Crippen LogP contribution in [0.1, 0.15) is 95.6 Å². The lowest BCUT2D eigenvalue weighted by atomic mass is 9.81. The highest BCUT2D eigenvalue weighted by molar-refractivity contribution is 6.03. The van der Waals surface area contributed by atoms with Gasteiger partial charge in [0.1, 0.15) is 11.5 Å². The number of benzene rings is 3. The molecule has 0 aromatic heterocycles. The number of phenolic OH excluding ortho intramolecular Hbond substituents is 1. The van der Waals surface area contributed by atoms with E-state index in [-0.39, 0.29) is 27.7 Å². The first kappa shape index (κ1) is 27.0. The maximum Gasteiger partial charge on any atom is 0.344 e. The van der Waals surface area contributed by atoms with E-state index >= 15 is 0 Å². The lowest BCUT2D eigenvalue weighted by Gasteiger charge is -2.26. The van der Waals surface area contributed by atoms with E-state index in [1.807, 2.05) is 58.9 Å². The molecule has 0 amide bonds. The summed E-state index contributed by atoms with van der Waals surface area (Å²) in [6.45, 7) is 16.3. The summed E-state index contributed by atoms with van der Waals surface area (Å²) in [5.74, 6) is -1.29.